The number of rotatable bonds is 4. The van der Waals surface area contributed by atoms with Gasteiger partial charge >= 0.3 is 0 Å². The molecule has 1 heterocycles. The van der Waals surface area contributed by atoms with Gasteiger partial charge < -0.3 is 15.5 Å². The van der Waals surface area contributed by atoms with Crippen LogP contribution in [0.15, 0.2) is 54.6 Å². The molecule has 0 unspecified atom stereocenters. The predicted molar refractivity (Wildman–Crippen MR) is 114 cm³/mol. The van der Waals surface area contributed by atoms with Crippen molar-refractivity contribution in [1.29, 1.82) is 0 Å². The smallest absolute Gasteiger partial charge is 0.253 e. The van der Waals surface area contributed by atoms with Gasteiger partial charge in [-0.25, -0.2) is 0 Å². The molecule has 2 N–H and O–H groups in total. The molecule has 0 saturated carbocycles. The fourth-order valence-electron chi connectivity index (χ4n) is 3.49. The lowest BCUT2D eigenvalue weighted by molar-refractivity contribution is -0.132. The number of nitrogens with two attached hydrogens (primary N) is 1. The second kappa shape index (κ2) is 10.2. The van der Waals surface area contributed by atoms with Crippen LogP contribution in [0, 0.1) is 6.92 Å². The van der Waals surface area contributed by atoms with Crippen LogP contribution < -0.4 is 5.73 Å². The maximum absolute atomic E-state index is 12.8. The van der Waals surface area contributed by atoms with Crippen LogP contribution in [0.25, 0.3) is 0 Å². The summed E-state index contributed by atoms with van der Waals surface area (Å²) < 4.78 is 0. The zero-order chi connectivity index (χ0) is 19.2. The SMILES string of the molecule is Cc1cccc(C(=O)N2CCCN(C(=O)[C@@H](N)Cc3ccccc3)CC2)c1.Cl. The van der Waals surface area contributed by atoms with Gasteiger partial charge in [0.15, 0.2) is 0 Å². The van der Waals surface area contributed by atoms with Crippen molar-refractivity contribution in [3.05, 3.63) is 71.3 Å². The minimum atomic E-state index is -0.550. The van der Waals surface area contributed by atoms with Gasteiger partial charge in [-0.2, -0.15) is 0 Å². The van der Waals surface area contributed by atoms with Gasteiger partial charge in [0.2, 0.25) is 5.91 Å². The molecule has 2 aromatic carbocycles. The number of nitrogens with zero attached hydrogens (tertiary/aromatic N) is 2. The third-order valence-corrected chi connectivity index (χ3v) is 4.98. The van der Waals surface area contributed by atoms with Gasteiger partial charge in [-0.3, -0.25) is 9.59 Å². The van der Waals surface area contributed by atoms with Crippen molar-refractivity contribution in [1.82, 2.24) is 9.80 Å². The van der Waals surface area contributed by atoms with E-state index in [1.165, 1.54) is 0 Å². The Morgan fingerprint density at radius 3 is 2.36 bits per heavy atom. The van der Waals surface area contributed by atoms with E-state index in [1.807, 2.05) is 66.4 Å². The summed E-state index contributed by atoms with van der Waals surface area (Å²) in [5.41, 5.74) is 8.99. The normalized spacial score (nSPS) is 15.4. The van der Waals surface area contributed by atoms with Gasteiger partial charge in [0.05, 0.1) is 6.04 Å². The first kappa shape index (κ1) is 21.9. The number of carbonyl (C=O) groups excluding carboxylic acids is 2. The number of hydrogen-bond donors (Lipinski definition) is 1. The molecular formula is C22H28ClN3O2. The molecule has 0 radical (unpaired) electrons. The quantitative estimate of drug-likeness (QED) is 0.856. The Hall–Kier alpha value is -2.37. The number of carbonyl (C=O) groups is 2. The van der Waals surface area contributed by atoms with E-state index in [9.17, 15) is 9.59 Å². The molecule has 2 aromatic rings. The molecule has 0 spiro atoms. The largest absolute Gasteiger partial charge is 0.339 e. The van der Waals surface area contributed by atoms with Gasteiger partial charge in [-0.05, 0) is 37.5 Å². The van der Waals surface area contributed by atoms with E-state index in [0.717, 1.165) is 17.5 Å². The Morgan fingerprint density at radius 2 is 1.64 bits per heavy atom. The average Bonchev–Trinajstić information content (AvgIpc) is 2.94. The summed E-state index contributed by atoms with van der Waals surface area (Å²) in [7, 11) is 0. The van der Waals surface area contributed by atoms with Crippen molar-refractivity contribution in [2.24, 2.45) is 5.73 Å². The molecule has 2 amide bonds. The molecule has 1 atom stereocenters. The van der Waals surface area contributed by atoms with Crippen LogP contribution in [0.3, 0.4) is 0 Å². The second-order valence-corrected chi connectivity index (χ2v) is 7.14. The van der Waals surface area contributed by atoms with Gasteiger partial charge in [0.25, 0.3) is 5.91 Å². The summed E-state index contributed by atoms with van der Waals surface area (Å²) in [6.45, 7) is 4.34. The van der Waals surface area contributed by atoms with E-state index < -0.39 is 6.04 Å². The van der Waals surface area contributed by atoms with E-state index in [4.69, 9.17) is 5.73 Å². The van der Waals surface area contributed by atoms with E-state index >= 15 is 0 Å². The van der Waals surface area contributed by atoms with E-state index in [1.54, 1.807) is 4.90 Å². The molecule has 5 nitrogen and oxygen atoms in total. The molecular weight excluding hydrogens is 374 g/mol. The number of hydrogen-bond acceptors (Lipinski definition) is 3. The van der Waals surface area contributed by atoms with Crippen molar-refractivity contribution < 1.29 is 9.59 Å². The molecule has 0 aromatic heterocycles. The Labute approximate surface area is 172 Å². The lowest BCUT2D eigenvalue weighted by Crippen LogP contribution is -2.46. The van der Waals surface area contributed by atoms with Crippen LogP contribution in [0.1, 0.15) is 27.9 Å². The van der Waals surface area contributed by atoms with E-state index in [0.29, 0.717) is 38.2 Å². The predicted octanol–water partition coefficient (Wildman–Crippen LogP) is 2.66. The summed E-state index contributed by atoms with van der Waals surface area (Å²) in [4.78, 5) is 29.1. The molecule has 3 rings (SSSR count). The molecule has 6 heteroatoms. The topological polar surface area (TPSA) is 66.6 Å². The zero-order valence-corrected chi connectivity index (χ0v) is 17.0. The third-order valence-electron chi connectivity index (χ3n) is 4.98. The highest BCUT2D eigenvalue weighted by Gasteiger charge is 2.26. The Morgan fingerprint density at radius 1 is 0.964 bits per heavy atom. The monoisotopic (exact) mass is 401 g/mol. The first-order chi connectivity index (χ1) is 13.0. The second-order valence-electron chi connectivity index (χ2n) is 7.14. The Bertz CT molecular complexity index is 797. The minimum Gasteiger partial charge on any atom is -0.339 e. The molecule has 1 aliphatic heterocycles. The van der Waals surface area contributed by atoms with Crippen LogP contribution in [-0.4, -0.2) is 53.8 Å². The van der Waals surface area contributed by atoms with Crippen LogP contribution in [0.2, 0.25) is 0 Å². The molecule has 150 valence electrons. The third kappa shape index (κ3) is 5.57. The molecule has 1 saturated heterocycles. The van der Waals surface area contributed by atoms with Crippen LogP contribution in [0.5, 0.6) is 0 Å². The number of halogens is 1. The van der Waals surface area contributed by atoms with Crippen molar-refractivity contribution in [2.75, 3.05) is 26.2 Å². The summed E-state index contributed by atoms with van der Waals surface area (Å²) in [5, 5.41) is 0. The number of benzene rings is 2. The highest BCUT2D eigenvalue weighted by atomic mass is 35.5. The van der Waals surface area contributed by atoms with Crippen LogP contribution >= 0.6 is 12.4 Å². The summed E-state index contributed by atoms with van der Waals surface area (Å²) in [6.07, 6.45) is 1.30. The highest BCUT2D eigenvalue weighted by Crippen LogP contribution is 2.12. The average molecular weight is 402 g/mol. The summed E-state index contributed by atoms with van der Waals surface area (Å²) in [6, 6.07) is 16.9. The Balaban J connectivity index is 0.00000280. The van der Waals surface area contributed by atoms with E-state index in [-0.39, 0.29) is 24.2 Å². The van der Waals surface area contributed by atoms with Crippen LogP contribution in [0.4, 0.5) is 0 Å². The maximum atomic E-state index is 12.8. The summed E-state index contributed by atoms with van der Waals surface area (Å²) >= 11 is 0. The highest BCUT2D eigenvalue weighted by molar-refractivity contribution is 5.94. The first-order valence-corrected chi connectivity index (χ1v) is 9.49. The molecule has 28 heavy (non-hydrogen) atoms. The lowest BCUT2D eigenvalue weighted by atomic mass is 10.1. The fourth-order valence-corrected chi connectivity index (χ4v) is 3.49. The molecule has 1 fully saturated rings. The molecule has 0 bridgehead atoms. The summed E-state index contributed by atoms with van der Waals surface area (Å²) in [5.74, 6) is -0.00899. The van der Waals surface area contributed by atoms with E-state index in [2.05, 4.69) is 0 Å². The van der Waals surface area contributed by atoms with Crippen LogP contribution in [-0.2, 0) is 11.2 Å². The Kier molecular flexibility index (Phi) is 8.03. The lowest BCUT2D eigenvalue weighted by Gasteiger charge is -2.25. The molecule has 0 aliphatic carbocycles. The fraction of sp³-hybridized carbons (Fsp3) is 0.364. The van der Waals surface area contributed by atoms with Gasteiger partial charge in [-0.15, -0.1) is 12.4 Å². The first-order valence-electron chi connectivity index (χ1n) is 9.49. The van der Waals surface area contributed by atoms with Crippen molar-refractivity contribution >= 4 is 24.2 Å². The number of amides is 2. The van der Waals surface area contributed by atoms with Crippen molar-refractivity contribution in [2.45, 2.75) is 25.8 Å². The van der Waals surface area contributed by atoms with Gasteiger partial charge in [0.1, 0.15) is 0 Å². The van der Waals surface area contributed by atoms with Gasteiger partial charge in [0, 0.05) is 31.7 Å². The maximum Gasteiger partial charge on any atom is 0.253 e. The standard InChI is InChI=1S/C22H27N3O2.ClH/c1-17-7-5-10-19(15-17)21(26)24-11-6-12-25(14-13-24)22(27)20(23)16-18-8-3-2-4-9-18;/h2-5,7-10,15,20H,6,11-14,16,23H2,1H3;1H/t20-;/m0./s1. The zero-order valence-electron chi connectivity index (χ0n) is 16.2. The number of aryl methyl sites for hydroxylation is 1. The molecule has 1 aliphatic rings. The van der Waals surface area contributed by atoms with Gasteiger partial charge in [-0.1, -0.05) is 48.0 Å². The van der Waals surface area contributed by atoms with Crippen molar-refractivity contribution in [3.8, 4) is 0 Å². The van der Waals surface area contributed by atoms with Crippen molar-refractivity contribution in [3.63, 3.8) is 0 Å². The minimum absolute atomic E-state index is 0.